The topological polar surface area (TPSA) is 40.1 Å². The van der Waals surface area contributed by atoms with Gasteiger partial charge in [0.25, 0.3) is 0 Å². The number of carboxylic acids is 1. The molecule has 3 nitrogen and oxygen atoms in total. The van der Waals surface area contributed by atoms with Crippen molar-refractivity contribution in [3.63, 3.8) is 0 Å². The Morgan fingerprint density at radius 2 is 1.17 bits per heavy atom. The van der Waals surface area contributed by atoms with Gasteiger partial charge in [-0.2, -0.15) is 0 Å². The maximum Gasteiger partial charge on any atom is 0.0786 e. The van der Waals surface area contributed by atoms with Gasteiger partial charge in [-0.15, -0.1) is 6.58 Å². The Morgan fingerprint density at radius 3 is 1.62 bits per heavy atom. The molecule has 0 fully saturated rings. The standard InChI is InChI=1S/C15H34N.C11H20O2/c1-5-9-10-11-15-16(12-6-2,13-7-3)14-8-4;1-2-3-4-5-6-7-8-9-10-11(12)13/h5-15H2,1-4H3;2H,1,3-10H2,(H,12,13)/q+1;/p-1. The molecule has 0 N–H and O–H groups in total. The number of carbonyl (C=O) groups excluding carboxylic acids is 1. The summed E-state index contributed by atoms with van der Waals surface area (Å²) in [5, 5.41) is 10.1. The Hall–Kier alpha value is -0.830. The highest BCUT2D eigenvalue weighted by Gasteiger charge is 2.23. The molecule has 0 heterocycles. The van der Waals surface area contributed by atoms with E-state index in [1.165, 1.54) is 94.9 Å². The van der Waals surface area contributed by atoms with Gasteiger partial charge in [0, 0.05) is 5.97 Å². The lowest BCUT2D eigenvalue weighted by Gasteiger charge is -2.38. The summed E-state index contributed by atoms with van der Waals surface area (Å²) >= 11 is 0. The fourth-order valence-electron chi connectivity index (χ4n) is 4.23. The Labute approximate surface area is 183 Å². The van der Waals surface area contributed by atoms with Crippen LogP contribution < -0.4 is 5.11 Å². The van der Waals surface area contributed by atoms with Crippen molar-refractivity contribution < 1.29 is 14.4 Å². The molecule has 0 saturated heterocycles. The van der Waals surface area contributed by atoms with Crippen LogP contribution >= 0.6 is 0 Å². The molecule has 0 amide bonds. The van der Waals surface area contributed by atoms with E-state index >= 15 is 0 Å². The van der Waals surface area contributed by atoms with Crippen LogP contribution in [0.25, 0.3) is 0 Å². The predicted molar refractivity (Wildman–Crippen MR) is 127 cm³/mol. The van der Waals surface area contributed by atoms with Crippen LogP contribution in [0, 0.1) is 0 Å². The Kier molecular flexibility index (Phi) is 24.6. The Bertz CT molecular complexity index is 338. The number of nitrogens with zero attached hydrogens (tertiary/aromatic N) is 1. The molecule has 29 heavy (non-hydrogen) atoms. The fraction of sp³-hybridized carbons (Fsp3) is 0.885. The lowest BCUT2D eigenvalue weighted by atomic mass is 10.1. The molecule has 0 saturated carbocycles. The average Bonchev–Trinajstić information content (AvgIpc) is 2.68. The first kappa shape index (κ1) is 30.4. The molecule has 0 unspecified atom stereocenters. The summed E-state index contributed by atoms with van der Waals surface area (Å²) < 4.78 is 1.40. The number of carbonyl (C=O) groups is 1. The van der Waals surface area contributed by atoms with Gasteiger partial charge in [0.05, 0.1) is 26.2 Å². The van der Waals surface area contributed by atoms with Gasteiger partial charge < -0.3 is 14.4 Å². The van der Waals surface area contributed by atoms with E-state index < -0.39 is 5.97 Å². The second-order valence-electron chi connectivity index (χ2n) is 8.62. The molecule has 0 rings (SSSR count). The largest absolute Gasteiger partial charge is 0.550 e. The number of aliphatic carboxylic acids is 1. The minimum atomic E-state index is -0.924. The van der Waals surface area contributed by atoms with E-state index in [-0.39, 0.29) is 6.42 Å². The first-order valence-electron chi connectivity index (χ1n) is 12.7. The van der Waals surface area contributed by atoms with Gasteiger partial charge in [-0.25, -0.2) is 0 Å². The van der Waals surface area contributed by atoms with Gasteiger partial charge >= 0.3 is 0 Å². The summed E-state index contributed by atoms with van der Waals surface area (Å²) in [5.74, 6) is -0.924. The monoisotopic (exact) mass is 411 g/mol. The average molecular weight is 412 g/mol. The third-order valence-electron chi connectivity index (χ3n) is 5.62. The van der Waals surface area contributed by atoms with Crippen molar-refractivity contribution in [3.05, 3.63) is 12.7 Å². The van der Waals surface area contributed by atoms with Crippen LogP contribution in [-0.4, -0.2) is 36.6 Å². The molecule has 174 valence electrons. The van der Waals surface area contributed by atoms with Gasteiger partial charge in [-0.1, -0.05) is 72.3 Å². The van der Waals surface area contributed by atoms with Crippen LogP contribution in [-0.2, 0) is 4.79 Å². The molecule has 0 aliphatic rings. The van der Waals surface area contributed by atoms with E-state index in [9.17, 15) is 9.90 Å². The zero-order valence-electron chi connectivity index (χ0n) is 20.5. The van der Waals surface area contributed by atoms with Crippen LogP contribution in [0.2, 0.25) is 0 Å². The first-order valence-corrected chi connectivity index (χ1v) is 12.7. The van der Waals surface area contributed by atoms with E-state index in [1.54, 1.807) is 0 Å². The highest BCUT2D eigenvalue weighted by Crippen LogP contribution is 2.15. The van der Waals surface area contributed by atoms with Gasteiger partial charge in [-0.3, -0.25) is 0 Å². The fourth-order valence-corrected chi connectivity index (χ4v) is 4.23. The van der Waals surface area contributed by atoms with Crippen molar-refractivity contribution in [3.8, 4) is 0 Å². The molecule has 3 heteroatoms. The number of quaternary nitrogens is 1. The molecule has 0 aromatic heterocycles. The Balaban J connectivity index is 0. The molecular weight excluding hydrogens is 358 g/mol. The number of carboxylic acid groups (broad SMARTS) is 1. The van der Waals surface area contributed by atoms with Gasteiger partial charge in [-0.05, 0) is 57.8 Å². The van der Waals surface area contributed by atoms with Crippen molar-refractivity contribution in [2.75, 3.05) is 26.2 Å². The number of hydrogen-bond acceptors (Lipinski definition) is 2. The number of unbranched alkanes of at least 4 members (excludes halogenated alkanes) is 9. The number of rotatable bonds is 20. The summed E-state index contributed by atoms with van der Waals surface area (Å²) in [7, 11) is 0. The molecule has 0 atom stereocenters. The minimum absolute atomic E-state index is 0.215. The van der Waals surface area contributed by atoms with Gasteiger partial charge in [0.1, 0.15) is 0 Å². The quantitative estimate of drug-likeness (QED) is 0.128. The van der Waals surface area contributed by atoms with Gasteiger partial charge in [0.15, 0.2) is 0 Å². The number of hydrogen-bond donors (Lipinski definition) is 0. The molecule has 0 aromatic carbocycles. The van der Waals surface area contributed by atoms with Crippen molar-refractivity contribution in [1.29, 1.82) is 0 Å². The van der Waals surface area contributed by atoms with Crippen LogP contribution in [0.5, 0.6) is 0 Å². The molecular formula is C26H53NO2. The van der Waals surface area contributed by atoms with Crippen molar-refractivity contribution in [2.24, 2.45) is 0 Å². The Morgan fingerprint density at radius 1 is 0.690 bits per heavy atom. The maximum absolute atomic E-state index is 10.1. The van der Waals surface area contributed by atoms with Crippen LogP contribution in [0.4, 0.5) is 0 Å². The van der Waals surface area contributed by atoms with E-state index in [2.05, 4.69) is 34.3 Å². The van der Waals surface area contributed by atoms with Gasteiger partial charge in [0.2, 0.25) is 0 Å². The lowest BCUT2D eigenvalue weighted by molar-refractivity contribution is -0.928. The SMILES string of the molecule is C=CCCCCCCCCC(=O)[O-].CCCCCC[N+](CCC)(CCC)CCC. The molecule has 0 radical (unpaired) electrons. The van der Waals surface area contributed by atoms with Crippen LogP contribution in [0.1, 0.15) is 124 Å². The maximum atomic E-state index is 10.1. The van der Waals surface area contributed by atoms with E-state index in [0.717, 1.165) is 25.7 Å². The second kappa shape index (κ2) is 23.4. The minimum Gasteiger partial charge on any atom is -0.550 e. The van der Waals surface area contributed by atoms with Crippen molar-refractivity contribution >= 4 is 5.97 Å². The van der Waals surface area contributed by atoms with Crippen molar-refractivity contribution in [2.45, 2.75) is 124 Å². The summed E-state index contributed by atoms with van der Waals surface area (Å²) in [6, 6.07) is 0. The summed E-state index contributed by atoms with van der Waals surface area (Å²) in [5.41, 5.74) is 0. The molecule has 0 aliphatic carbocycles. The highest BCUT2D eigenvalue weighted by atomic mass is 16.4. The van der Waals surface area contributed by atoms with E-state index in [4.69, 9.17) is 0 Å². The highest BCUT2D eigenvalue weighted by molar-refractivity contribution is 5.63. The molecule has 0 spiro atoms. The summed E-state index contributed by atoms with van der Waals surface area (Å²) in [6.07, 6.45) is 19.5. The number of allylic oxidation sites excluding steroid dienone is 1. The zero-order valence-corrected chi connectivity index (χ0v) is 20.5. The summed E-state index contributed by atoms with van der Waals surface area (Å²) in [4.78, 5) is 10.1. The third kappa shape index (κ3) is 21.7. The van der Waals surface area contributed by atoms with Crippen molar-refractivity contribution in [1.82, 2.24) is 0 Å². The van der Waals surface area contributed by atoms with Crippen LogP contribution in [0.3, 0.4) is 0 Å². The smallest absolute Gasteiger partial charge is 0.0786 e. The molecule has 0 aromatic rings. The lowest BCUT2D eigenvalue weighted by Crippen LogP contribution is -2.50. The molecule has 0 aliphatic heterocycles. The zero-order chi connectivity index (χ0) is 22.2. The third-order valence-corrected chi connectivity index (χ3v) is 5.62. The van der Waals surface area contributed by atoms with Crippen LogP contribution in [0.15, 0.2) is 12.7 Å². The second-order valence-corrected chi connectivity index (χ2v) is 8.62. The molecule has 0 bridgehead atoms. The summed E-state index contributed by atoms with van der Waals surface area (Å²) in [6.45, 7) is 18.6. The normalized spacial score (nSPS) is 11.0. The first-order chi connectivity index (χ1) is 14.0. The van der Waals surface area contributed by atoms with E-state index in [1.807, 2.05) is 6.08 Å². The van der Waals surface area contributed by atoms with E-state index in [0.29, 0.717) is 0 Å². The predicted octanol–water partition coefficient (Wildman–Crippen LogP) is 6.66.